The van der Waals surface area contributed by atoms with E-state index in [1.807, 2.05) is 13.0 Å². The van der Waals surface area contributed by atoms with Crippen molar-refractivity contribution in [3.63, 3.8) is 0 Å². The van der Waals surface area contributed by atoms with Crippen LogP contribution in [0.4, 0.5) is 14.9 Å². The molecule has 0 aliphatic carbocycles. The van der Waals surface area contributed by atoms with Crippen LogP contribution in [0, 0.1) is 19.7 Å². The van der Waals surface area contributed by atoms with Crippen molar-refractivity contribution in [2.75, 3.05) is 5.32 Å². The third kappa shape index (κ3) is 2.50. The van der Waals surface area contributed by atoms with Crippen molar-refractivity contribution in [1.29, 1.82) is 0 Å². The summed E-state index contributed by atoms with van der Waals surface area (Å²) in [6, 6.07) is 7.03. The van der Waals surface area contributed by atoms with Gasteiger partial charge in [-0.3, -0.25) is 0 Å². The van der Waals surface area contributed by atoms with Gasteiger partial charge in [0.1, 0.15) is 5.82 Å². The zero-order valence-corrected chi connectivity index (χ0v) is 9.57. The molecule has 4 nitrogen and oxygen atoms in total. The number of amides is 1. The number of benzene rings is 1. The number of rotatable bonds is 1. The summed E-state index contributed by atoms with van der Waals surface area (Å²) < 4.78 is 14.0. The molecule has 2 rings (SSSR count). The van der Waals surface area contributed by atoms with Crippen molar-refractivity contribution in [2.24, 2.45) is 0 Å². The number of nitrogens with one attached hydrogen (secondary N) is 1. The second kappa shape index (κ2) is 4.37. The molecule has 0 aliphatic rings. The molecule has 2 aromatic rings. The summed E-state index contributed by atoms with van der Waals surface area (Å²) in [4.78, 5) is 11.8. The summed E-state index contributed by atoms with van der Waals surface area (Å²) in [6.45, 7) is 3.61. The highest BCUT2D eigenvalue weighted by Crippen LogP contribution is 2.09. The number of carbonyl (C=O) groups is 1. The van der Waals surface area contributed by atoms with Gasteiger partial charge in [-0.25, -0.2) is 9.18 Å². The zero-order chi connectivity index (χ0) is 12.4. The lowest BCUT2D eigenvalue weighted by molar-refractivity contribution is 0.250. The van der Waals surface area contributed by atoms with Gasteiger partial charge in [0.15, 0.2) is 0 Å². The fourth-order valence-electron chi connectivity index (χ4n) is 1.54. The van der Waals surface area contributed by atoms with Crippen LogP contribution in [-0.2, 0) is 0 Å². The van der Waals surface area contributed by atoms with Gasteiger partial charge in [-0.2, -0.15) is 9.78 Å². The van der Waals surface area contributed by atoms with Crippen LogP contribution >= 0.6 is 0 Å². The predicted molar refractivity (Wildman–Crippen MR) is 62.5 cm³/mol. The van der Waals surface area contributed by atoms with Crippen molar-refractivity contribution < 1.29 is 9.18 Å². The highest BCUT2D eigenvalue weighted by atomic mass is 19.1. The smallest absolute Gasteiger partial charge is 0.306 e. The second-order valence-electron chi connectivity index (χ2n) is 3.78. The second-order valence-corrected chi connectivity index (χ2v) is 3.78. The molecule has 0 atom stereocenters. The molecule has 1 aromatic carbocycles. The first kappa shape index (κ1) is 11.3. The van der Waals surface area contributed by atoms with Crippen LogP contribution in [-0.4, -0.2) is 15.8 Å². The largest absolute Gasteiger partial charge is 0.346 e. The van der Waals surface area contributed by atoms with Crippen molar-refractivity contribution in [1.82, 2.24) is 9.78 Å². The van der Waals surface area contributed by atoms with E-state index < -0.39 is 0 Å². The lowest BCUT2D eigenvalue weighted by atomic mass is 10.3. The topological polar surface area (TPSA) is 46.9 Å². The summed E-state index contributed by atoms with van der Waals surface area (Å²) in [5.74, 6) is -0.339. The van der Waals surface area contributed by atoms with Crippen molar-refractivity contribution >= 4 is 11.7 Å². The van der Waals surface area contributed by atoms with Crippen LogP contribution in [0.5, 0.6) is 0 Å². The van der Waals surface area contributed by atoms with Crippen LogP contribution < -0.4 is 5.32 Å². The summed E-state index contributed by atoms with van der Waals surface area (Å²) in [7, 11) is 0. The SMILES string of the molecule is Cc1cc(C)n(C(=O)Nc2ccc(F)cc2)n1. The number of hydrogen-bond donors (Lipinski definition) is 1. The number of halogens is 1. The Hall–Kier alpha value is -2.17. The first-order valence-corrected chi connectivity index (χ1v) is 5.16. The summed E-state index contributed by atoms with van der Waals surface area (Å²) in [6.07, 6.45) is 0. The number of carbonyl (C=O) groups excluding carboxylic acids is 1. The number of aryl methyl sites for hydroxylation is 2. The minimum atomic E-state index is -0.359. The number of aromatic nitrogens is 2. The number of anilines is 1. The van der Waals surface area contributed by atoms with E-state index in [-0.39, 0.29) is 11.8 Å². The maximum Gasteiger partial charge on any atom is 0.346 e. The van der Waals surface area contributed by atoms with Gasteiger partial charge >= 0.3 is 6.03 Å². The Kier molecular flexibility index (Phi) is 2.91. The number of nitrogens with zero attached hydrogens (tertiary/aromatic N) is 2. The molecule has 0 saturated carbocycles. The summed E-state index contributed by atoms with van der Waals surface area (Å²) >= 11 is 0. The number of hydrogen-bond acceptors (Lipinski definition) is 2. The maximum absolute atomic E-state index is 12.7. The van der Waals surface area contributed by atoms with Gasteiger partial charge in [0.25, 0.3) is 0 Å². The van der Waals surface area contributed by atoms with E-state index >= 15 is 0 Å². The first-order valence-electron chi connectivity index (χ1n) is 5.16. The molecule has 0 fully saturated rings. The van der Waals surface area contributed by atoms with Gasteiger partial charge in [-0.1, -0.05) is 0 Å². The molecule has 0 bridgehead atoms. The fraction of sp³-hybridized carbons (Fsp3) is 0.167. The molecular weight excluding hydrogens is 221 g/mol. The third-order valence-electron chi connectivity index (χ3n) is 2.30. The molecule has 1 amide bonds. The molecule has 0 saturated heterocycles. The monoisotopic (exact) mass is 233 g/mol. The predicted octanol–water partition coefficient (Wildman–Crippen LogP) is 2.72. The Balaban J connectivity index is 2.17. The van der Waals surface area contributed by atoms with Crippen molar-refractivity contribution in [3.05, 3.63) is 47.5 Å². The Morgan fingerprint density at radius 3 is 2.47 bits per heavy atom. The third-order valence-corrected chi connectivity index (χ3v) is 2.30. The lowest BCUT2D eigenvalue weighted by Gasteiger charge is -2.05. The highest BCUT2D eigenvalue weighted by molar-refractivity contribution is 5.90. The minimum Gasteiger partial charge on any atom is -0.306 e. The van der Waals surface area contributed by atoms with E-state index in [0.717, 1.165) is 11.4 Å². The van der Waals surface area contributed by atoms with Gasteiger partial charge < -0.3 is 5.32 Å². The maximum atomic E-state index is 12.7. The summed E-state index contributed by atoms with van der Waals surface area (Å²) in [5, 5.41) is 6.69. The fourth-order valence-corrected chi connectivity index (χ4v) is 1.54. The molecule has 1 aromatic heterocycles. The molecule has 88 valence electrons. The Morgan fingerprint density at radius 1 is 1.29 bits per heavy atom. The molecule has 1 N–H and O–H groups in total. The quantitative estimate of drug-likeness (QED) is 0.823. The molecule has 17 heavy (non-hydrogen) atoms. The van der Waals surface area contributed by atoms with Crippen LogP contribution in [0.3, 0.4) is 0 Å². The molecule has 0 radical (unpaired) electrons. The zero-order valence-electron chi connectivity index (χ0n) is 9.57. The molecule has 0 unspecified atom stereocenters. The molecule has 0 spiro atoms. The standard InChI is InChI=1S/C12H12FN3O/c1-8-7-9(2)16(15-8)12(17)14-11-5-3-10(13)4-6-11/h3-7H,1-2H3,(H,14,17). The van der Waals surface area contributed by atoms with Gasteiger partial charge in [0.05, 0.1) is 5.69 Å². The average molecular weight is 233 g/mol. The Morgan fingerprint density at radius 2 is 1.94 bits per heavy atom. The van der Waals surface area contributed by atoms with E-state index in [0.29, 0.717) is 5.69 Å². The minimum absolute atomic E-state index is 0.339. The van der Waals surface area contributed by atoms with Crippen LogP contribution in [0.1, 0.15) is 11.4 Å². The van der Waals surface area contributed by atoms with Crippen LogP contribution in [0.2, 0.25) is 0 Å². The van der Waals surface area contributed by atoms with Crippen LogP contribution in [0.25, 0.3) is 0 Å². The van der Waals surface area contributed by atoms with E-state index in [1.54, 1.807) is 6.92 Å². The molecule has 0 aliphatic heterocycles. The molecule has 1 heterocycles. The van der Waals surface area contributed by atoms with Gasteiger partial charge in [0, 0.05) is 11.4 Å². The highest BCUT2D eigenvalue weighted by Gasteiger charge is 2.09. The van der Waals surface area contributed by atoms with E-state index in [1.165, 1.54) is 28.9 Å². The lowest BCUT2D eigenvalue weighted by Crippen LogP contribution is -2.21. The average Bonchev–Trinajstić information content (AvgIpc) is 2.61. The van der Waals surface area contributed by atoms with Gasteiger partial charge in [-0.15, -0.1) is 0 Å². The normalized spacial score (nSPS) is 10.3. The first-order chi connectivity index (χ1) is 8.06. The van der Waals surface area contributed by atoms with Crippen molar-refractivity contribution in [3.8, 4) is 0 Å². The van der Waals surface area contributed by atoms with Gasteiger partial charge in [-0.05, 0) is 44.2 Å². The van der Waals surface area contributed by atoms with E-state index in [4.69, 9.17) is 0 Å². The van der Waals surface area contributed by atoms with E-state index in [9.17, 15) is 9.18 Å². The summed E-state index contributed by atoms with van der Waals surface area (Å²) in [5.41, 5.74) is 2.06. The molecule has 5 heteroatoms. The van der Waals surface area contributed by atoms with Gasteiger partial charge in [0.2, 0.25) is 0 Å². The Labute approximate surface area is 98.1 Å². The van der Waals surface area contributed by atoms with Crippen molar-refractivity contribution in [2.45, 2.75) is 13.8 Å². The van der Waals surface area contributed by atoms with E-state index in [2.05, 4.69) is 10.4 Å². The van der Waals surface area contributed by atoms with Crippen LogP contribution in [0.15, 0.2) is 30.3 Å². The Bertz CT molecular complexity index is 545. The molecular formula is C12H12FN3O.